The van der Waals surface area contributed by atoms with Gasteiger partial charge in [-0.3, -0.25) is 4.79 Å². The van der Waals surface area contributed by atoms with Gasteiger partial charge in [-0.1, -0.05) is 51.9 Å². The molecule has 0 aliphatic carbocycles. The number of hydrogen-bond donors (Lipinski definition) is 1. The molecule has 0 atom stereocenters. The Morgan fingerprint density at radius 1 is 1.09 bits per heavy atom. The molecule has 1 N–H and O–H groups in total. The molecule has 1 rings (SSSR count). The highest BCUT2D eigenvalue weighted by Crippen LogP contribution is 2.10. The zero-order chi connectivity index (χ0) is 16.2. The molecule has 1 heterocycles. The van der Waals surface area contributed by atoms with Crippen molar-refractivity contribution in [3.05, 3.63) is 18.2 Å². The fourth-order valence-corrected chi connectivity index (χ4v) is 2.90. The summed E-state index contributed by atoms with van der Waals surface area (Å²) in [7, 11) is 2.08. The Morgan fingerprint density at radius 3 is 2.36 bits per heavy atom. The molecule has 4 nitrogen and oxygen atoms in total. The van der Waals surface area contributed by atoms with Crippen molar-refractivity contribution >= 4 is 5.97 Å². The standard InChI is InChI=1S/C18H32N2O2/c1-3-4-5-6-7-8-9-10-12-17-19(2)15-16-20(17)14-11-13-18(21)22/h15-16H,3-14H2,1-2H3/p+1. The molecule has 0 unspecified atom stereocenters. The van der Waals surface area contributed by atoms with Gasteiger partial charge in [-0.05, 0) is 12.8 Å². The van der Waals surface area contributed by atoms with Gasteiger partial charge in [0.05, 0.1) is 13.6 Å². The lowest BCUT2D eigenvalue weighted by molar-refractivity contribution is -0.678. The van der Waals surface area contributed by atoms with Crippen LogP contribution in [0.3, 0.4) is 0 Å². The van der Waals surface area contributed by atoms with Gasteiger partial charge in [-0.25, -0.2) is 9.13 Å². The molecule has 0 bridgehead atoms. The third kappa shape index (κ3) is 7.62. The summed E-state index contributed by atoms with van der Waals surface area (Å²) >= 11 is 0. The Kier molecular flexibility index (Phi) is 9.60. The molecule has 0 amide bonds. The van der Waals surface area contributed by atoms with Crippen LogP contribution in [0.2, 0.25) is 0 Å². The monoisotopic (exact) mass is 309 g/mol. The van der Waals surface area contributed by atoms with E-state index in [0.717, 1.165) is 13.0 Å². The van der Waals surface area contributed by atoms with Crippen molar-refractivity contribution in [1.29, 1.82) is 0 Å². The minimum atomic E-state index is -0.707. The molecule has 4 heteroatoms. The first-order valence-corrected chi connectivity index (χ1v) is 8.90. The Balaban J connectivity index is 2.21. The van der Waals surface area contributed by atoms with Crippen LogP contribution in [0.25, 0.3) is 0 Å². The van der Waals surface area contributed by atoms with Crippen LogP contribution in [0.5, 0.6) is 0 Å². The van der Waals surface area contributed by atoms with E-state index in [-0.39, 0.29) is 6.42 Å². The summed E-state index contributed by atoms with van der Waals surface area (Å²) in [5, 5.41) is 8.73. The lowest BCUT2D eigenvalue weighted by Gasteiger charge is -2.03. The summed E-state index contributed by atoms with van der Waals surface area (Å²) in [5.74, 6) is 0.609. The zero-order valence-electron chi connectivity index (χ0n) is 14.4. The number of aryl methyl sites for hydroxylation is 2. The SMILES string of the molecule is CCCCCCCCCCc1n(CCCC(=O)O)cc[n+]1C. The maximum absolute atomic E-state index is 10.6. The number of imidazole rings is 1. The van der Waals surface area contributed by atoms with E-state index in [9.17, 15) is 4.79 Å². The molecule has 1 aromatic heterocycles. The highest BCUT2D eigenvalue weighted by atomic mass is 16.4. The zero-order valence-corrected chi connectivity index (χ0v) is 14.4. The number of carboxylic acid groups (broad SMARTS) is 1. The topological polar surface area (TPSA) is 46.1 Å². The summed E-state index contributed by atoms with van der Waals surface area (Å²) in [6.07, 6.45) is 16.9. The number of aromatic nitrogens is 2. The van der Waals surface area contributed by atoms with Crippen LogP contribution < -0.4 is 4.57 Å². The van der Waals surface area contributed by atoms with Gasteiger partial charge in [0.15, 0.2) is 0 Å². The first-order valence-electron chi connectivity index (χ1n) is 8.90. The van der Waals surface area contributed by atoms with Gasteiger partial charge in [0.25, 0.3) is 5.82 Å². The number of rotatable bonds is 13. The van der Waals surface area contributed by atoms with Gasteiger partial charge >= 0.3 is 5.97 Å². The van der Waals surface area contributed by atoms with Crippen LogP contribution in [0, 0.1) is 0 Å². The van der Waals surface area contributed by atoms with E-state index >= 15 is 0 Å². The van der Waals surface area contributed by atoms with Gasteiger partial charge in [-0.2, -0.15) is 0 Å². The summed E-state index contributed by atoms with van der Waals surface area (Å²) in [6, 6.07) is 0. The lowest BCUT2D eigenvalue weighted by atomic mass is 10.1. The van der Waals surface area contributed by atoms with E-state index in [1.165, 1.54) is 57.2 Å². The van der Waals surface area contributed by atoms with Crippen molar-refractivity contribution in [3.63, 3.8) is 0 Å². The molecule has 0 aliphatic rings. The van der Waals surface area contributed by atoms with Crippen molar-refractivity contribution in [2.24, 2.45) is 7.05 Å². The highest BCUT2D eigenvalue weighted by Gasteiger charge is 2.14. The van der Waals surface area contributed by atoms with Crippen LogP contribution in [0.1, 0.15) is 77.0 Å². The number of nitrogens with zero attached hydrogens (tertiary/aromatic N) is 2. The van der Waals surface area contributed by atoms with Crippen LogP contribution >= 0.6 is 0 Å². The van der Waals surface area contributed by atoms with Gasteiger partial charge in [0.1, 0.15) is 12.4 Å². The molecule has 126 valence electrons. The molecule has 1 aromatic rings. The third-order valence-electron chi connectivity index (χ3n) is 4.25. The molecular weight excluding hydrogens is 276 g/mol. The fraction of sp³-hybridized carbons (Fsp3) is 0.778. The van der Waals surface area contributed by atoms with E-state index in [2.05, 4.69) is 35.5 Å². The van der Waals surface area contributed by atoms with Crippen molar-refractivity contribution in [1.82, 2.24) is 4.57 Å². The molecule has 0 fully saturated rings. The minimum absolute atomic E-state index is 0.249. The van der Waals surface area contributed by atoms with Gasteiger partial charge in [0, 0.05) is 12.8 Å². The predicted molar refractivity (Wildman–Crippen MR) is 88.8 cm³/mol. The Bertz CT molecular complexity index is 427. The van der Waals surface area contributed by atoms with E-state index in [1.807, 2.05) is 0 Å². The minimum Gasteiger partial charge on any atom is -0.481 e. The number of unbranched alkanes of at least 4 members (excludes halogenated alkanes) is 7. The molecule has 0 saturated heterocycles. The Hall–Kier alpha value is -1.32. The Labute approximate surface area is 135 Å². The summed E-state index contributed by atoms with van der Waals surface area (Å²) in [4.78, 5) is 10.6. The van der Waals surface area contributed by atoms with Crippen molar-refractivity contribution in [2.75, 3.05) is 0 Å². The molecule has 0 saturated carbocycles. The molecule has 0 radical (unpaired) electrons. The average Bonchev–Trinajstić information content (AvgIpc) is 2.82. The van der Waals surface area contributed by atoms with Crippen molar-refractivity contribution < 1.29 is 14.5 Å². The first-order chi connectivity index (χ1) is 10.6. The first kappa shape index (κ1) is 18.7. The summed E-state index contributed by atoms with van der Waals surface area (Å²) in [6.45, 7) is 3.06. The van der Waals surface area contributed by atoms with Gasteiger partial charge < -0.3 is 5.11 Å². The van der Waals surface area contributed by atoms with E-state index in [1.54, 1.807) is 0 Å². The molecule has 0 aromatic carbocycles. The second-order valence-corrected chi connectivity index (χ2v) is 6.24. The molecule has 0 spiro atoms. The van der Waals surface area contributed by atoms with E-state index in [4.69, 9.17) is 5.11 Å². The fourth-order valence-electron chi connectivity index (χ4n) is 2.90. The van der Waals surface area contributed by atoms with E-state index in [0.29, 0.717) is 6.42 Å². The maximum atomic E-state index is 10.6. The molecule has 0 aliphatic heterocycles. The maximum Gasteiger partial charge on any atom is 0.303 e. The number of carbonyl (C=O) groups is 1. The summed E-state index contributed by atoms with van der Waals surface area (Å²) in [5.41, 5.74) is 0. The largest absolute Gasteiger partial charge is 0.481 e. The van der Waals surface area contributed by atoms with Crippen molar-refractivity contribution in [3.8, 4) is 0 Å². The number of hydrogen-bond acceptors (Lipinski definition) is 1. The van der Waals surface area contributed by atoms with Crippen LogP contribution in [0.4, 0.5) is 0 Å². The predicted octanol–water partition coefficient (Wildman–Crippen LogP) is 3.86. The Morgan fingerprint density at radius 2 is 1.73 bits per heavy atom. The quantitative estimate of drug-likeness (QED) is 0.444. The van der Waals surface area contributed by atoms with Crippen LogP contribution in [0.15, 0.2) is 12.4 Å². The number of carboxylic acids is 1. The third-order valence-corrected chi connectivity index (χ3v) is 4.25. The van der Waals surface area contributed by atoms with Crippen LogP contribution in [-0.2, 0) is 24.8 Å². The smallest absolute Gasteiger partial charge is 0.303 e. The van der Waals surface area contributed by atoms with Gasteiger partial charge in [-0.15, -0.1) is 0 Å². The average molecular weight is 309 g/mol. The second kappa shape index (κ2) is 11.3. The second-order valence-electron chi connectivity index (χ2n) is 6.24. The normalized spacial score (nSPS) is 11.0. The summed E-state index contributed by atoms with van der Waals surface area (Å²) < 4.78 is 4.38. The highest BCUT2D eigenvalue weighted by molar-refractivity contribution is 5.66. The molecule has 22 heavy (non-hydrogen) atoms. The van der Waals surface area contributed by atoms with Crippen molar-refractivity contribution in [2.45, 2.75) is 84.1 Å². The lowest BCUT2D eigenvalue weighted by Crippen LogP contribution is -2.32. The number of aliphatic carboxylic acids is 1. The molecular formula is C18H33N2O2+. The van der Waals surface area contributed by atoms with Crippen LogP contribution in [-0.4, -0.2) is 15.6 Å². The van der Waals surface area contributed by atoms with Gasteiger partial charge in [0.2, 0.25) is 0 Å². The van der Waals surface area contributed by atoms with E-state index < -0.39 is 5.97 Å².